The SMILES string of the molecule is COC(c1ccc(-n2cc(Cl)ccc2=O)nc1)c1cncn1Cc1ccc(C#N)cc1. The van der Waals surface area contributed by atoms with Crippen LogP contribution in [0.1, 0.15) is 28.5 Å². The van der Waals surface area contributed by atoms with Crippen LogP contribution in [0.15, 0.2) is 78.2 Å². The fourth-order valence-electron chi connectivity index (χ4n) is 3.33. The van der Waals surface area contributed by atoms with Crippen molar-refractivity contribution in [3.8, 4) is 11.9 Å². The summed E-state index contributed by atoms with van der Waals surface area (Å²) in [5.74, 6) is 0.470. The summed E-state index contributed by atoms with van der Waals surface area (Å²) in [4.78, 5) is 20.8. The lowest BCUT2D eigenvalue weighted by Gasteiger charge is -2.18. The summed E-state index contributed by atoms with van der Waals surface area (Å²) < 4.78 is 9.13. The standard InChI is InChI=1S/C23H18ClN5O2/c1-31-23(18-6-8-21(27-11-18)29-14-19(24)7-9-22(29)30)20-12-26-15-28(20)13-17-4-2-16(10-25)3-5-17/h2-9,11-12,14-15,23H,13H2,1H3. The smallest absolute Gasteiger partial charge is 0.256 e. The summed E-state index contributed by atoms with van der Waals surface area (Å²) in [5.41, 5.74) is 3.13. The van der Waals surface area contributed by atoms with Crippen LogP contribution >= 0.6 is 11.6 Å². The Kier molecular flexibility index (Phi) is 5.94. The first-order valence-corrected chi connectivity index (χ1v) is 9.83. The number of ether oxygens (including phenoxy) is 1. The Hall–Kier alpha value is -3.73. The van der Waals surface area contributed by atoms with Gasteiger partial charge in [-0.25, -0.2) is 9.97 Å². The van der Waals surface area contributed by atoms with Gasteiger partial charge < -0.3 is 9.30 Å². The van der Waals surface area contributed by atoms with Crippen molar-refractivity contribution < 1.29 is 4.74 Å². The molecule has 0 saturated carbocycles. The van der Waals surface area contributed by atoms with Crippen LogP contribution in [0.3, 0.4) is 0 Å². The number of imidazole rings is 1. The fourth-order valence-corrected chi connectivity index (χ4v) is 3.49. The van der Waals surface area contributed by atoms with E-state index in [1.807, 2.05) is 22.8 Å². The molecule has 3 aromatic heterocycles. The molecule has 0 fully saturated rings. The Morgan fingerprint density at radius 1 is 1.13 bits per heavy atom. The second kappa shape index (κ2) is 8.96. The van der Waals surface area contributed by atoms with E-state index in [-0.39, 0.29) is 5.56 Å². The summed E-state index contributed by atoms with van der Waals surface area (Å²) in [6.07, 6.45) is 6.32. The molecule has 1 unspecified atom stereocenters. The van der Waals surface area contributed by atoms with E-state index < -0.39 is 6.10 Å². The number of aromatic nitrogens is 4. The second-order valence-corrected chi connectivity index (χ2v) is 7.31. The molecule has 0 amide bonds. The van der Waals surface area contributed by atoms with Gasteiger partial charge in [-0.1, -0.05) is 29.8 Å². The van der Waals surface area contributed by atoms with Crippen molar-refractivity contribution in [3.63, 3.8) is 0 Å². The van der Waals surface area contributed by atoms with Crippen molar-refractivity contribution in [2.75, 3.05) is 7.11 Å². The van der Waals surface area contributed by atoms with Crippen LogP contribution in [0.25, 0.3) is 5.82 Å². The van der Waals surface area contributed by atoms with Gasteiger partial charge in [0.2, 0.25) is 0 Å². The molecule has 1 aromatic carbocycles. The van der Waals surface area contributed by atoms with Crippen molar-refractivity contribution >= 4 is 11.6 Å². The molecule has 0 aliphatic carbocycles. The number of pyridine rings is 2. The molecule has 0 aliphatic rings. The molecule has 0 spiro atoms. The van der Waals surface area contributed by atoms with Gasteiger partial charge in [-0.3, -0.25) is 9.36 Å². The van der Waals surface area contributed by atoms with Crippen molar-refractivity contribution in [2.24, 2.45) is 0 Å². The van der Waals surface area contributed by atoms with Crippen LogP contribution in [-0.4, -0.2) is 26.2 Å². The van der Waals surface area contributed by atoms with E-state index in [0.717, 1.165) is 16.8 Å². The minimum atomic E-state index is -0.390. The summed E-state index contributed by atoms with van der Waals surface area (Å²) in [6, 6.07) is 16.1. The number of hydrogen-bond donors (Lipinski definition) is 0. The van der Waals surface area contributed by atoms with Crippen LogP contribution in [-0.2, 0) is 11.3 Å². The van der Waals surface area contributed by atoms with Crippen LogP contribution in [0.4, 0.5) is 0 Å². The maximum absolute atomic E-state index is 12.1. The number of benzene rings is 1. The van der Waals surface area contributed by atoms with Gasteiger partial charge in [0.25, 0.3) is 5.56 Å². The van der Waals surface area contributed by atoms with Crippen molar-refractivity contribution in [1.82, 2.24) is 19.1 Å². The van der Waals surface area contributed by atoms with Gasteiger partial charge in [0.1, 0.15) is 11.9 Å². The molecule has 4 rings (SSSR count). The predicted octanol–water partition coefficient (Wildman–Crippen LogP) is 3.74. The van der Waals surface area contributed by atoms with E-state index in [1.165, 1.54) is 16.8 Å². The van der Waals surface area contributed by atoms with E-state index in [4.69, 9.17) is 21.6 Å². The summed E-state index contributed by atoms with van der Waals surface area (Å²) >= 11 is 6.01. The largest absolute Gasteiger partial charge is 0.370 e. The zero-order valence-electron chi connectivity index (χ0n) is 16.6. The van der Waals surface area contributed by atoms with Crippen molar-refractivity contribution in [2.45, 2.75) is 12.6 Å². The van der Waals surface area contributed by atoms with E-state index in [0.29, 0.717) is 22.9 Å². The van der Waals surface area contributed by atoms with Crippen LogP contribution in [0.5, 0.6) is 0 Å². The summed E-state index contributed by atoms with van der Waals surface area (Å²) in [6.45, 7) is 0.588. The highest BCUT2D eigenvalue weighted by Crippen LogP contribution is 2.26. The summed E-state index contributed by atoms with van der Waals surface area (Å²) in [5, 5.41) is 9.42. The molecule has 3 heterocycles. The average Bonchev–Trinajstić information content (AvgIpc) is 3.25. The van der Waals surface area contributed by atoms with Gasteiger partial charge in [-0.2, -0.15) is 5.26 Å². The minimum absolute atomic E-state index is 0.214. The molecule has 0 bridgehead atoms. The highest BCUT2D eigenvalue weighted by Gasteiger charge is 2.19. The molecule has 154 valence electrons. The molecular formula is C23H18ClN5O2. The van der Waals surface area contributed by atoms with Crippen LogP contribution in [0.2, 0.25) is 5.02 Å². The number of halogens is 1. The topological polar surface area (TPSA) is 85.7 Å². The lowest BCUT2D eigenvalue weighted by atomic mass is 10.1. The zero-order valence-corrected chi connectivity index (χ0v) is 17.4. The Bertz CT molecular complexity index is 1290. The maximum Gasteiger partial charge on any atom is 0.256 e. The third kappa shape index (κ3) is 4.40. The Balaban J connectivity index is 1.61. The van der Waals surface area contributed by atoms with Gasteiger partial charge in [-0.15, -0.1) is 0 Å². The van der Waals surface area contributed by atoms with E-state index in [2.05, 4.69) is 16.0 Å². The monoisotopic (exact) mass is 431 g/mol. The Morgan fingerprint density at radius 2 is 1.94 bits per heavy atom. The molecule has 4 aromatic rings. The molecule has 0 radical (unpaired) electrons. The number of rotatable bonds is 6. The Morgan fingerprint density at radius 3 is 2.61 bits per heavy atom. The number of hydrogen-bond acceptors (Lipinski definition) is 5. The molecule has 0 saturated heterocycles. The van der Waals surface area contributed by atoms with Gasteiger partial charge in [0, 0.05) is 37.7 Å². The van der Waals surface area contributed by atoms with Gasteiger partial charge in [0.05, 0.1) is 34.9 Å². The molecule has 8 heteroatoms. The quantitative estimate of drug-likeness (QED) is 0.464. The van der Waals surface area contributed by atoms with Crippen LogP contribution in [0, 0.1) is 11.3 Å². The van der Waals surface area contributed by atoms with E-state index in [1.54, 1.807) is 50.1 Å². The summed E-state index contributed by atoms with van der Waals surface area (Å²) in [7, 11) is 1.62. The van der Waals surface area contributed by atoms with Crippen LogP contribution < -0.4 is 5.56 Å². The number of nitriles is 1. The average molecular weight is 432 g/mol. The van der Waals surface area contributed by atoms with Crippen molar-refractivity contribution in [1.29, 1.82) is 5.26 Å². The zero-order chi connectivity index (χ0) is 21.8. The molecule has 0 aliphatic heterocycles. The van der Waals surface area contributed by atoms with E-state index >= 15 is 0 Å². The molecule has 0 N–H and O–H groups in total. The highest BCUT2D eigenvalue weighted by molar-refractivity contribution is 6.30. The van der Waals surface area contributed by atoms with Gasteiger partial charge >= 0.3 is 0 Å². The fraction of sp³-hybridized carbons (Fsp3) is 0.130. The van der Waals surface area contributed by atoms with E-state index in [9.17, 15) is 4.79 Å². The lowest BCUT2D eigenvalue weighted by molar-refractivity contribution is 0.129. The first kappa shape index (κ1) is 20.5. The first-order valence-electron chi connectivity index (χ1n) is 9.45. The normalized spacial score (nSPS) is 11.8. The number of nitrogens with zero attached hydrogens (tertiary/aromatic N) is 5. The third-order valence-electron chi connectivity index (χ3n) is 4.88. The first-order chi connectivity index (χ1) is 15.1. The highest BCUT2D eigenvalue weighted by atomic mass is 35.5. The van der Waals surface area contributed by atoms with Crippen molar-refractivity contribution in [3.05, 3.63) is 111 Å². The van der Waals surface area contributed by atoms with Gasteiger partial charge in [0.15, 0.2) is 0 Å². The maximum atomic E-state index is 12.1. The minimum Gasteiger partial charge on any atom is -0.370 e. The number of methoxy groups -OCH3 is 1. The second-order valence-electron chi connectivity index (χ2n) is 6.88. The molecule has 31 heavy (non-hydrogen) atoms. The van der Waals surface area contributed by atoms with Gasteiger partial charge in [-0.05, 0) is 29.8 Å². The predicted molar refractivity (Wildman–Crippen MR) is 116 cm³/mol. The Labute approximate surface area is 183 Å². The molecular weight excluding hydrogens is 414 g/mol. The molecule has 7 nitrogen and oxygen atoms in total. The lowest BCUT2D eigenvalue weighted by Crippen LogP contribution is -2.17. The molecule has 1 atom stereocenters. The third-order valence-corrected chi connectivity index (χ3v) is 5.10.